The molecule has 1 N–H and O–H groups in total. The summed E-state index contributed by atoms with van der Waals surface area (Å²) in [7, 11) is 0. The molecular formula is C12H20N2O2. The first-order chi connectivity index (χ1) is 7.39. The molecule has 0 heterocycles. The van der Waals surface area contributed by atoms with Crippen LogP contribution in [0.25, 0.3) is 0 Å². The number of nitriles is 1. The third kappa shape index (κ3) is 7.86. The Kier molecular flexibility index (Phi) is 6.24. The number of alkyl carbamates (subject to hydrolysis) is 1. The van der Waals surface area contributed by atoms with E-state index in [0.29, 0.717) is 6.42 Å². The predicted octanol–water partition coefficient (Wildman–Crippen LogP) is 2.76. The normalized spacial score (nSPS) is 12.4. The van der Waals surface area contributed by atoms with Crippen LogP contribution in [0.4, 0.5) is 4.79 Å². The Morgan fingerprint density at radius 1 is 1.62 bits per heavy atom. The smallest absolute Gasteiger partial charge is 0.408 e. The number of amides is 1. The highest BCUT2D eigenvalue weighted by Crippen LogP contribution is 2.07. The van der Waals surface area contributed by atoms with Gasteiger partial charge in [-0.2, -0.15) is 5.26 Å². The van der Waals surface area contributed by atoms with E-state index in [-0.39, 0.29) is 0 Å². The molecule has 0 aromatic carbocycles. The van der Waals surface area contributed by atoms with Crippen LogP contribution in [0.5, 0.6) is 0 Å². The molecule has 0 fully saturated rings. The molecule has 0 aromatic rings. The van der Waals surface area contributed by atoms with Crippen LogP contribution in [-0.4, -0.2) is 17.7 Å². The molecule has 1 amide bonds. The summed E-state index contributed by atoms with van der Waals surface area (Å²) in [6.45, 7) is 8.95. The van der Waals surface area contributed by atoms with Crippen molar-refractivity contribution in [2.75, 3.05) is 0 Å². The Labute approximate surface area is 97.3 Å². The minimum absolute atomic E-state index is 0.491. The third-order valence-corrected chi connectivity index (χ3v) is 1.75. The van der Waals surface area contributed by atoms with Crippen molar-refractivity contribution in [3.8, 4) is 6.07 Å². The van der Waals surface area contributed by atoms with Crippen molar-refractivity contribution < 1.29 is 9.53 Å². The van der Waals surface area contributed by atoms with Gasteiger partial charge in [-0.15, -0.1) is 6.58 Å². The SMILES string of the molecule is C=CCCCC(C#N)NC(=O)OC(C)(C)C. The molecule has 1 atom stereocenters. The summed E-state index contributed by atoms with van der Waals surface area (Å²) in [5.74, 6) is 0. The summed E-state index contributed by atoms with van der Waals surface area (Å²) in [6, 6.07) is 1.54. The molecule has 4 heteroatoms. The number of allylic oxidation sites excluding steroid dienone is 1. The summed E-state index contributed by atoms with van der Waals surface area (Å²) >= 11 is 0. The van der Waals surface area contributed by atoms with Gasteiger partial charge in [0.1, 0.15) is 11.6 Å². The van der Waals surface area contributed by atoms with Crippen molar-refractivity contribution in [3.05, 3.63) is 12.7 Å². The highest BCUT2D eigenvalue weighted by atomic mass is 16.6. The molecule has 1 unspecified atom stereocenters. The number of rotatable bonds is 5. The Morgan fingerprint density at radius 3 is 2.69 bits per heavy atom. The second-order valence-electron chi connectivity index (χ2n) is 4.55. The molecule has 0 bridgehead atoms. The monoisotopic (exact) mass is 224 g/mol. The van der Waals surface area contributed by atoms with Crippen molar-refractivity contribution in [2.24, 2.45) is 0 Å². The van der Waals surface area contributed by atoms with Crippen LogP contribution in [0.15, 0.2) is 12.7 Å². The van der Waals surface area contributed by atoms with E-state index in [1.165, 1.54) is 0 Å². The molecule has 0 rings (SSSR count). The van der Waals surface area contributed by atoms with Gasteiger partial charge in [0.2, 0.25) is 0 Å². The summed E-state index contributed by atoms with van der Waals surface area (Å²) in [5.41, 5.74) is -0.537. The number of carbonyl (C=O) groups is 1. The fraction of sp³-hybridized carbons (Fsp3) is 0.667. The van der Waals surface area contributed by atoms with Crippen molar-refractivity contribution >= 4 is 6.09 Å². The van der Waals surface area contributed by atoms with Gasteiger partial charge in [0.25, 0.3) is 0 Å². The van der Waals surface area contributed by atoms with E-state index in [0.717, 1.165) is 12.8 Å². The van der Waals surface area contributed by atoms with Crippen LogP contribution < -0.4 is 5.32 Å². The van der Waals surface area contributed by atoms with Crippen LogP contribution in [0.3, 0.4) is 0 Å². The van der Waals surface area contributed by atoms with Crippen LogP contribution >= 0.6 is 0 Å². The molecule has 0 saturated carbocycles. The van der Waals surface area contributed by atoms with Crippen LogP contribution in [0, 0.1) is 11.3 Å². The zero-order valence-electron chi connectivity index (χ0n) is 10.2. The Balaban J connectivity index is 3.98. The quantitative estimate of drug-likeness (QED) is 0.577. The van der Waals surface area contributed by atoms with E-state index in [4.69, 9.17) is 10.00 Å². The lowest BCUT2D eigenvalue weighted by molar-refractivity contribution is 0.0514. The van der Waals surface area contributed by atoms with Gasteiger partial charge < -0.3 is 10.1 Å². The van der Waals surface area contributed by atoms with E-state index in [1.54, 1.807) is 26.8 Å². The third-order valence-electron chi connectivity index (χ3n) is 1.75. The highest BCUT2D eigenvalue weighted by Gasteiger charge is 2.18. The zero-order chi connectivity index (χ0) is 12.6. The lowest BCUT2D eigenvalue weighted by Gasteiger charge is -2.21. The maximum absolute atomic E-state index is 11.4. The number of unbranched alkanes of at least 4 members (excludes halogenated alkanes) is 1. The Hall–Kier alpha value is -1.50. The number of hydrogen-bond acceptors (Lipinski definition) is 3. The molecule has 0 aromatic heterocycles. The standard InChI is InChI=1S/C12H20N2O2/c1-5-6-7-8-10(9-13)14-11(15)16-12(2,3)4/h5,10H,1,6-8H2,2-4H3,(H,14,15). The molecule has 16 heavy (non-hydrogen) atoms. The molecule has 0 radical (unpaired) electrons. The lowest BCUT2D eigenvalue weighted by Crippen LogP contribution is -2.38. The minimum atomic E-state index is -0.544. The molecule has 0 spiro atoms. The molecule has 0 aliphatic heterocycles. The first kappa shape index (κ1) is 14.5. The van der Waals surface area contributed by atoms with Crippen LogP contribution in [-0.2, 0) is 4.74 Å². The molecule has 90 valence electrons. The Morgan fingerprint density at radius 2 is 2.25 bits per heavy atom. The van der Waals surface area contributed by atoms with E-state index in [1.807, 2.05) is 6.07 Å². The molecule has 0 aliphatic rings. The Bertz CT molecular complexity index is 274. The van der Waals surface area contributed by atoms with Gasteiger partial charge in [0, 0.05) is 0 Å². The van der Waals surface area contributed by atoms with Crippen LogP contribution in [0.2, 0.25) is 0 Å². The van der Waals surface area contributed by atoms with Gasteiger partial charge in [-0.05, 0) is 40.0 Å². The van der Waals surface area contributed by atoms with Gasteiger partial charge in [-0.1, -0.05) is 6.08 Å². The summed E-state index contributed by atoms with van der Waals surface area (Å²) in [6.07, 6.45) is 3.53. The van der Waals surface area contributed by atoms with E-state index >= 15 is 0 Å². The fourth-order valence-corrected chi connectivity index (χ4v) is 1.09. The van der Waals surface area contributed by atoms with Gasteiger partial charge in [0.05, 0.1) is 6.07 Å². The molecule has 0 aliphatic carbocycles. The van der Waals surface area contributed by atoms with Crippen molar-refractivity contribution in [1.82, 2.24) is 5.32 Å². The van der Waals surface area contributed by atoms with Crippen molar-refractivity contribution in [1.29, 1.82) is 5.26 Å². The average molecular weight is 224 g/mol. The summed E-state index contributed by atoms with van der Waals surface area (Å²) in [4.78, 5) is 11.4. The van der Waals surface area contributed by atoms with E-state index in [2.05, 4.69) is 11.9 Å². The highest BCUT2D eigenvalue weighted by molar-refractivity contribution is 5.68. The van der Waals surface area contributed by atoms with Crippen molar-refractivity contribution in [2.45, 2.75) is 51.7 Å². The maximum atomic E-state index is 11.4. The topological polar surface area (TPSA) is 62.1 Å². The van der Waals surface area contributed by atoms with Crippen molar-refractivity contribution in [3.63, 3.8) is 0 Å². The zero-order valence-corrected chi connectivity index (χ0v) is 10.2. The first-order valence-electron chi connectivity index (χ1n) is 5.39. The number of nitrogens with zero attached hydrogens (tertiary/aromatic N) is 1. The number of hydrogen-bond donors (Lipinski definition) is 1. The molecule has 4 nitrogen and oxygen atoms in total. The molecular weight excluding hydrogens is 204 g/mol. The maximum Gasteiger partial charge on any atom is 0.408 e. The van der Waals surface area contributed by atoms with Gasteiger partial charge in [-0.3, -0.25) is 0 Å². The predicted molar refractivity (Wildman–Crippen MR) is 62.8 cm³/mol. The van der Waals surface area contributed by atoms with Gasteiger partial charge in [-0.25, -0.2) is 4.79 Å². The average Bonchev–Trinajstić information content (AvgIpc) is 2.13. The molecule has 0 saturated heterocycles. The lowest BCUT2D eigenvalue weighted by atomic mass is 10.1. The summed E-state index contributed by atoms with van der Waals surface area (Å²) < 4.78 is 5.06. The van der Waals surface area contributed by atoms with E-state index in [9.17, 15) is 4.79 Å². The number of nitrogens with one attached hydrogen (secondary N) is 1. The van der Waals surface area contributed by atoms with E-state index < -0.39 is 17.7 Å². The number of ether oxygens (including phenoxy) is 1. The second kappa shape index (κ2) is 6.89. The second-order valence-corrected chi connectivity index (χ2v) is 4.55. The minimum Gasteiger partial charge on any atom is -0.444 e. The largest absolute Gasteiger partial charge is 0.444 e. The fourth-order valence-electron chi connectivity index (χ4n) is 1.09. The number of carbonyl (C=O) groups excluding carboxylic acids is 1. The van der Waals surface area contributed by atoms with Gasteiger partial charge >= 0.3 is 6.09 Å². The summed E-state index contributed by atoms with van der Waals surface area (Å²) in [5, 5.41) is 11.4. The van der Waals surface area contributed by atoms with Gasteiger partial charge in [0.15, 0.2) is 0 Å². The first-order valence-corrected chi connectivity index (χ1v) is 5.39. The van der Waals surface area contributed by atoms with Crippen LogP contribution in [0.1, 0.15) is 40.0 Å².